The Bertz CT molecular complexity index is 1220. The van der Waals surface area contributed by atoms with Gasteiger partial charge in [-0.2, -0.15) is 15.1 Å². The summed E-state index contributed by atoms with van der Waals surface area (Å²) >= 11 is 0. The Labute approximate surface area is 214 Å². The average molecular weight is 519 g/mol. The smallest absolute Gasteiger partial charge is 0.254 e. The van der Waals surface area contributed by atoms with E-state index in [4.69, 9.17) is 5.73 Å². The first kappa shape index (κ1) is 25.8. The lowest BCUT2D eigenvalue weighted by molar-refractivity contribution is 0.141. The third-order valence-corrected chi connectivity index (χ3v) is 6.39. The van der Waals surface area contributed by atoms with Gasteiger partial charge in [0.2, 0.25) is 0 Å². The van der Waals surface area contributed by atoms with Crippen LogP contribution in [0.25, 0.3) is 12.0 Å². The lowest BCUT2D eigenvalue weighted by Crippen LogP contribution is -2.51. The lowest BCUT2D eigenvalue weighted by atomic mass is 10.2. The standard InChI is InChI=1S/C24H28F2N8O.ClH/c1-16-17(13-28-34(16)24-29-22(27)12-23(30-24)33-14-21(35)15-33)3-2-4-31-5-7-32(8-6-31)20-10-18(25)9-19(26)11-20;/h2-3,9-13,21,35H,4-8,14-15H2,1H3,(H2,27,29,30);1H. The molecule has 0 aliphatic carbocycles. The highest BCUT2D eigenvalue weighted by Gasteiger charge is 2.26. The molecule has 3 aromatic rings. The van der Waals surface area contributed by atoms with Crippen LogP contribution in [0, 0.1) is 18.6 Å². The van der Waals surface area contributed by atoms with Crippen LogP contribution in [0.15, 0.2) is 36.5 Å². The van der Waals surface area contributed by atoms with Crippen molar-refractivity contribution in [2.45, 2.75) is 13.0 Å². The summed E-state index contributed by atoms with van der Waals surface area (Å²) in [6.45, 7) is 6.76. The van der Waals surface area contributed by atoms with Crippen molar-refractivity contribution in [2.24, 2.45) is 0 Å². The van der Waals surface area contributed by atoms with Gasteiger partial charge in [0.05, 0.1) is 18.0 Å². The minimum absolute atomic E-state index is 0. The number of aliphatic hydroxyl groups is 1. The molecule has 9 nitrogen and oxygen atoms in total. The van der Waals surface area contributed by atoms with Gasteiger partial charge in [0, 0.05) is 69.2 Å². The van der Waals surface area contributed by atoms with E-state index in [0.29, 0.717) is 49.5 Å². The monoisotopic (exact) mass is 518 g/mol. The largest absolute Gasteiger partial charge is 0.389 e. The van der Waals surface area contributed by atoms with E-state index in [1.807, 2.05) is 22.8 Å². The second kappa shape index (κ2) is 10.8. The van der Waals surface area contributed by atoms with Crippen molar-refractivity contribution in [3.63, 3.8) is 0 Å². The van der Waals surface area contributed by atoms with Crippen LogP contribution in [0.3, 0.4) is 0 Å². The van der Waals surface area contributed by atoms with E-state index in [-0.39, 0.29) is 18.5 Å². The number of aliphatic hydroxyl groups excluding tert-OH is 1. The molecular weight excluding hydrogens is 490 g/mol. The number of rotatable bonds is 6. The first-order valence-electron chi connectivity index (χ1n) is 11.6. The van der Waals surface area contributed by atoms with Gasteiger partial charge in [-0.3, -0.25) is 4.90 Å². The van der Waals surface area contributed by atoms with Crippen LogP contribution in [0.1, 0.15) is 11.3 Å². The zero-order chi connectivity index (χ0) is 24.5. The fourth-order valence-corrected chi connectivity index (χ4v) is 4.37. The van der Waals surface area contributed by atoms with E-state index in [1.165, 1.54) is 12.1 Å². The summed E-state index contributed by atoms with van der Waals surface area (Å²) in [6, 6.07) is 5.33. The number of anilines is 3. The minimum Gasteiger partial charge on any atom is -0.389 e. The van der Waals surface area contributed by atoms with Crippen LogP contribution in [0.4, 0.5) is 26.1 Å². The molecule has 0 amide bonds. The molecule has 2 fully saturated rings. The molecule has 0 radical (unpaired) electrons. The van der Waals surface area contributed by atoms with E-state index < -0.39 is 11.6 Å². The van der Waals surface area contributed by atoms with Crippen molar-refractivity contribution in [3.05, 3.63) is 59.4 Å². The van der Waals surface area contributed by atoms with Crippen LogP contribution in [0.5, 0.6) is 0 Å². The van der Waals surface area contributed by atoms with Gasteiger partial charge in [-0.1, -0.05) is 12.2 Å². The highest BCUT2D eigenvalue weighted by Crippen LogP contribution is 2.23. The van der Waals surface area contributed by atoms with Gasteiger partial charge in [-0.15, -0.1) is 12.4 Å². The molecule has 2 saturated heterocycles. The lowest BCUT2D eigenvalue weighted by Gasteiger charge is -2.36. The Morgan fingerprint density at radius 1 is 1.03 bits per heavy atom. The summed E-state index contributed by atoms with van der Waals surface area (Å²) < 4.78 is 28.7. The molecule has 0 spiro atoms. The fraction of sp³-hybridized carbons (Fsp3) is 0.375. The Kier molecular flexibility index (Phi) is 7.72. The van der Waals surface area contributed by atoms with Crippen LogP contribution < -0.4 is 15.5 Å². The van der Waals surface area contributed by atoms with Gasteiger partial charge < -0.3 is 20.6 Å². The first-order valence-corrected chi connectivity index (χ1v) is 11.6. The number of nitrogen functional groups attached to an aromatic ring is 1. The first-order chi connectivity index (χ1) is 16.9. The summed E-state index contributed by atoms with van der Waals surface area (Å²) in [5.41, 5.74) is 8.41. The molecule has 5 rings (SSSR count). The second-order valence-corrected chi connectivity index (χ2v) is 8.92. The highest BCUT2D eigenvalue weighted by molar-refractivity contribution is 5.85. The van der Waals surface area contributed by atoms with Crippen LogP contribution in [-0.2, 0) is 0 Å². The Morgan fingerprint density at radius 3 is 2.39 bits per heavy atom. The number of piperazine rings is 1. The van der Waals surface area contributed by atoms with Gasteiger partial charge in [0.15, 0.2) is 0 Å². The van der Waals surface area contributed by atoms with Crippen molar-refractivity contribution < 1.29 is 13.9 Å². The maximum atomic E-state index is 13.5. The van der Waals surface area contributed by atoms with Crippen LogP contribution in [-0.4, -0.2) is 81.7 Å². The number of halogens is 3. The summed E-state index contributed by atoms with van der Waals surface area (Å²) in [5.74, 6) is 0.299. The van der Waals surface area contributed by atoms with Gasteiger partial charge in [-0.25, -0.2) is 13.5 Å². The number of hydrogen-bond donors (Lipinski definition) is 2. The second-order valence-electron chi connectivity index (χ2n) is 8.92. The zero-order valence-corrected chi connectivity index (χ0v) is 20.7. The SMILES string of the molecule is Cc1c(C=CCN2CCN(c3cc(F)cc(F)c3)CC2)cnn1-c1nc(N)cc(N2CC(O)C2)n1.Cl. The molecule has 2 aromatic heterocycles. The van der Waals surface area contributed by atoms with E-state index in [1.54, 1.807) is 16.9 Å². The normalized spacial score (nSPS) is 16.9. The Morgan fingerprint density at radius 2 is 1.72 bits per heavy atom. The van der Waals surface area contributed by atoms with Gasteiger partial charge >= 0.3 is 0 Å². The molecule has 0 saturated carbocycles. The quantitative estimate of drug-likeness (QED) is 0.513. The summed E-state index contributed by atoms with van der Waals surface area (Å²) in [5, 5.41) is 14.0. The van der Waals surface area contributed by atoms with E-state index in [0.717, 1.165) is 37.0 Å². The van der Waals surface area contributed by atoms with Crippen molar-refractivity contribution in [3.8, 4) is 5.95 Å². The molecule has 0 atom stereocenters. The fourth-order valence-electron chi connectivity index (χ4n) is 4.37. The number of aromatic nitrogens is 4. The number of β-amino-alcohol motifs (C(OH)–C–C–N with tert-alkyl or cyclic N) is 1. The predicted octanol–water partition coefficient (Wildman–Crippen LogP) is 2.27. The maximum absolute atomic E-state index is 13.5. The van der Waals surface area contributed by atoms with Gasteiger partial charge in [-0.05, 0) is 19.1 Å². The molecule has 192 valence electrons. The topological polar surface area (TPSA) is 99.6 Å². The Balaban J connectivity index is 0.00000304. The molecular formula is C24H29ClF2N8O. The van der Waals surface area contributed by atoms with Crippen molar-refractivity contribution in [2.75, 3.05) is 61.3 Å². The van der Waals surface area contributed by atoms with E-state index in [9.17, 15) is 13.9 Å². The van der Waals surface area contributed by atoms with Crippen molar-refractivity contribution in [1.29, 1.82) is 0 Å². The predicted molar refractivity (Wildman–Crippen MR) is 138 cm³/mol. The summed E-state index contributed by atoms with van der Waals surface area (Å²) in [7, 11) is 0. The zero-order valence-electron chi connectivity index (χ0n) is 19.9. The highest BCUT2D eigenvalue weighted by atomic mass is 35.5. The number of nitrogens with zero attached hydrogens (tertiary/aromatic N) is 7. The molecule has 2 aliphatic heterocycles. The molecule has 0 bridgehead atoms. The maximum Gasteiger partial charge on any atom is 0.254 e. The molecule has 12 heteroatoms. The molecule has 1 aromatic carbocycles. The van der Waals surface area contributed by atoms with Crippen LogP contribution in [0.2, 0.25) is 0 Å². The number of nitrogens with two attached hydrogens (primary N) is 1. The summed E-state index contributed by atoms with van der Waals surface area (Å²) in [4.78, 5) is 15.1. The van der Waals surface area contributed by atoms with Crippen molar-refractivity contribution >= 4 is 35.8 Å². The molecule has 3 N–H and O–H groups in total. The van der Waals surface area contributed by atoms with E-state index in [2.05, 4.69) is 26.0 Å². The minimum atomic E-state index is -0.555. The third kappa shape index (κ3) is 5.58. The number of hydrogen-bond acceptors (Lipinski definition) is 8. The average Bonchev–Trinajstić information content (AvgIpc) is 3.16. The van der Waals surface area contributed by atoms with Gasteiger partial charge in [0.1, 0.15) is 23.3 Å². The van der Waals surface area contributed by atoms with Crippen molar-refractivity contribution in [1.82, 2.24) is 24.6 Å². The third-order valence-electron chi connectivity index (χ3n) is 6.39. The number of benzene rings is 1. The van der Waals surface area contributed by atoms with Gasteiger partial charge in [0.25, 0.3) is 5.95 Å². The molecule has 4 heterocycles. The molecule has 2 aliphatic rings. The molecule has 36 heavy (non-hydrogen) atoms. The molecule has 0 unspecified atom stereocenters. The Hall–Kier alpha value is -3.28. The van der Waals surface area contributed by atoms with Crippen LogP contribution >= 0.6 is 12.4 Å². The summed E-state index contributed by atoms with van der Waals surface area (Å²) in [6.07, 6.45) is 5.53. The van der Waals surface area contributed by atoms with E-state index >= 15 is 0 Å².